The molecule has 2 heterocycles. The molecule has 1 aliphatic rings. The van der Waals surface area contributed by atoms with E-state index in [0.717, 1.165) is 31.9 Å². The molecule has 2 atom stereocenters. The van der Waals surface area contributed by atoms with Gasteiger partial charge in [0.2, 0.25) is 0 Å². The van der Waals surface area contributed by atoms with Crippen LogP contribution in [0, 0.1) is 11.6 Å². The molecule has 1 fully saturated rings. The lowest BCUT2D eigenvalue weighted by Gasteiger charge is -2.42. The summed E-state index contributed by atoms with van der Waals surface area (Å²) in [6.07, 6.45) is 0. The van der Waals surface area contributed by atoms with Gasteiger partial charge in [0.15, 0.2) is 5.11 Å². The average molecular weight is 473 g/mol. The first-order valence-electron chi connectivity index (χ1n) is 10.6. The lowest BCUT2D eigenvalue weighted by molar-refractivity contribution is 0.163. The summed E-state index contributed by atoms with van der Waals surface area (Å²) in [7, 11) is 0. The van der Waals surface area contributed by atoms with Crippen molar-refractivity contribution in [3.8, 4) is 0 Å². The highest BCUT2D eigenvalue weighted by atomic mass is 32.1. The highest BCUT2D eigenvalue weighted by Crippen LogP contribution is 2.30. The van der Waals surface area contributed by atoms with E-state index in [-0.39, 0.29) is 23.7 Å². The van der Waals surface area contributed by atoms with E-state index in [9.17, 15) is 8.78 Å². The Morgan fingerprint density at radius 2 is 1.69 bits per heavy atom. The van der Waals surface area contributed by atoms with Gasteiger partial charge < -0.3 is 15.5 Å². The molecule has 0 saturated carbocycles. The Morgan fingerprint density at radius 3 is 2.34 bits per heavy atom. The van der Waals surface area contributed by atoms with Gasteiger partial charge in [-0.15, -0.1) is 11.3 Å². The zero-order valence-electron chi connectivity index (χ0n) is 17.8. The summed E-state index contributed by atoms with van der Waals surface area (Å²) in [5.74, 6) is -0.460. The van der Waals surface area contributed by atoms with Crippen molar-refractivity contribution in [2.75, 3.05) is 36.4 Å². The molecule has 0 spiro atoms. The van der Waals surface area contributed by atoms with Crippen molar-refractivity contribution in [2.24, 2.45) is 0 Å². The van der Waals surface area contributed by atoms with Crippen LogP contribution in [0.4, 0.5) is 20.2 Å². The van der Waals surface area contributed by atoms with Gasteiger partial charge in [-0.2, -0.15) is 0 Å². The van der Waals surface area contributed by atoms with E-state index in [1.165, 1.54) is 23.1 Å². The minimum Gasteiger partial charge on any atom is -0.367 e. The van der Waals surface area contributed by atoms with Crippen molar-refractivity contribution in [1.29, 1.82) is 0 Å². The van der Waals surface area contributed by atoms with Crippen molar-refractivity contribution < 1.29 is 8.78 Å². The van der Waals surface area contributed by atoms with E-state index in [1.54, 1.807) is 29.5 Å². The Kier molecular flexibility index (Phi) is 7.34. The van der Waals surface area contributed by atoms with Gasteiger partial charge >= 0.3 is 0 Å². The number of halogens is 2. The quantitative estimate of drug-likeness (QED) is 0.478. The Balaban J connectivity index is 1.42. The first-order chi connectivity index (χ1) is 15.5. The second-order valence-electron chi connectivity index (χ2n) is 7.83. The number of rotatable bonds is 6. The highest BCUT2D eigenvalue weighted by molar-refractivity contribution is 7.80. The fourth-order valence-corrected chi connectivity index (χ4v) is 5.41. The van der Waals surface area contributed by atoms with Crippen LogP contribution >= 0.6 is 23.6 Å². The Labute approximate surface area is 196 Å². The molecule has 0 unspecified atom stereocenters. The Morgan fingerprint density at radius 1 is 0.969 bits per heavy atom. The van der Waals surface area contributed by atoms with Gasteiger partial charge in [-0.25, -0.2) is 8.78 Å². The van der Waals surface area contributed by atoms with E-state index in [1.807, 2.05) is 12.1 Å². The fraction of sp³-hybridized carbons (Fsp3) is 0.292. The molecule has 0 bridgehead atoms. The van der Waals surface area contributed by atoms with Crippen LogP contribution in [0.5, 0.6) is 0 Å². The molecule has 3 aromatic rings. The molecule has 0 radical (unpaired) electrons. The van der Waals surface area contributed by atoms with Crippen molar-refractivity contribution in [1.82, 2.24) is 10.2 Å². The molecule has 0 aliphatic carbocycles. The van der Waals surface area contributed by atoms with Gasteiger partial charge in [-0.3, -0.25) is 4.90 Å². The third kappa shape index (κ3) is 5.43. The number of nitrogens with zero attached hydrogens (tertiary/aromatic N) is 2. The van der Waals surface area contributed by atoms with Crippen LogP contribution in [0.1, 0.15) is 17.8 Å². The standard InChI is InChI=1S/C24H26F2N4S2/c1-17(27-24(31)28-19-10-8-18(25)9-11-19)23(22-7-4-16-32-22)30-14-12-29(13-15-30)21-6-3-2-5-20(21)26/h2-11,16-17,23H,12-15H2,1H3,(H2,27,28,31)/t17-,23+/m0/s1. The molecule has 2 N–H and O–H groups in total. The Hall–Kier alpha value is -2.55. The number of nitrogens with one attached hydrogen (secondary N) is 2. The monoisotopic (exact) mass is 472 g/mol. The van der Waals surface area contributed by atoms with Crippen LogP contribution in [0.2, 0.25) is 0 Å². The number of thiophene rings is 1. The third-order valence-electron chi connectivity index (χ3n) is 5.67. The lowest BCUT2D eigenvalue weighted by Crippen LogP contribution is -2.52. The van der Waals surface area contributed by atoms with E-state index < -0.39 is 0 Å². The summed E-state index contributed by atoms with van der Waals surface area (Å²) in [5.41, 5.74) is 1.40. The number of hydrogen-bond acceptors (Lipinski definition) is 4. The summed E-state index contributed by atoms with van der Waals surface area (Å²) in [6, 6.07) is 17.4. The summed E-state index contributed by atoms with van der Waals surface area (Å²) in [6.45, 7) is 5.27. The van der Waals surface area contributed by atoms with Gasteiger partial charge in [0.25, 0.3) is 0 Å². The van der Waals surface area contributed by atoms with E-state index in [4.69, 9.17) is 12.2 Å². The molecule has 1 aliphatic heterocycles. The van der Waals surface area contributed by atoms with Crippen molar-refractivity contribution in [2.45, 2.75) is 19.0 Å². The maximum absolute atomic E-state index is 14.2. The zero-order chi connectivity index (χ0) is 22.5. The minimum absolute atomic E-state index is 0.0362. The van der Waals surface area contributed by atoms with Gasteiger partial charge in [-0.1, -0.05) is 18.2 Å². The van der Waals surface area contributed by atoms with Crippen LogP contribution in [-0.2, 0) is 0 Å². The number of anilines is 2. The van der Waals surface area contributed by atoms with E-state index in [0.29, 0.717) is 10.8 Å². The van der Waals surface area contributed by atoms with E-state index in [2.05, 4.69) is 44.9 Å². The van der Waals surface area contributed by atoms with Crippen LogP contribution in [0.25, 0.3) is 0 Å². The molecule has 168 valence electrons. The van der Waals surface area contributed by atoms with Gasteiger partial charge in [0.1, 0.15) is 11.6 Å². The van der Waals surface area contributed by atoms with Gasteiger partial charge in [0, 0.05) is 42.8 Å². The highest BCUT2D eigenvalue weighted by Gasteiger charge is 2.31. The molecular formula is C24H26F2N4S2. The summed E-state index contributed by atoms with van der Waals surface area (Å²) < 4.78 is 27.4. The predicted octanol–water partition coefficient (Wildman–Crippen LogP) is 5.26. The number of thiocarbonyl (C=S) groups is 1. The number of hydrogen-bond donors (Lipinski definition) is 2. The van der Waals surface area contributed by atoms with Crippen LogP contribution in [0.3, 0.4) is 0 Å². The zero-order valence-corrected chi connectivity index (χ0v) is 19.4. The maximum atomic E-state index is 14.2. The topological polar surface area (TPSA) is 30.5 Å². The second-order valence-corrected chi connectivity index (χ2v) is 9.22. The predicted molar refractivity (Wildman–Crippen MR) is 132 cm³/mol. The summed E-state index contributed by atoms with van der Waals surface area (Å²) in [4.78, 5) is 5.80. The van der Waals surface area contributed by atoms with Crippen LogP contribution in [-0.4, -0.2) is 42.2 Å². The molecule has 32 heavy (non-hydrogen) atoms. The Bertz CT molecular complexity index is 1020. The normalized spacial score (nSPS) is 16.4. The molecule has 2 aromatic carbocycles. The molecular weight excluding hydrogens is 446 g/mol. The largest absolute Gasteiger partial charge is 0.367 e. The molecule has 1 saturated heterocycles. The molecule has 4 rings (SSSR count). The minimum atomic E-state index is -0.282. The smallest absolute Gasteiger partial charge is 0.171 e. The number of benzene rings is 2. The molecule has 0 amide bonds. The number of piperazine rings is 1. The maximum Gasteiger partial charge on any atom is 0.171 e. The fourth-order valence-electron chi connectivity index (χ4n) is 4.14. The van der Waals surface area contributed by atoms with Gasteiger partial charge in [0.05, 0.1) is 11.7 Å². The second kappa shape index (κ2) is 10.4. The summed E-state index contributed by atoms with van der Waals surface area (Å²) in [5, 5.41) is 9.10. The lowest BCUT2D eigenvalue weighted by atomic mass is 10.0. The van der Waals surface area contributed by atoms with Gasteiger partial charge in [-0.05, 0) is 67.0 Å². The summed E-state index contributed by atoms with van der Waals surface area (Å²) >= 11 is 7.24. The molecule has 4 nitrogen and oxygen atoms in total. The van der Waals surface area contributed by atoms with Crippen LogP contribution in [0.15, 0.2) is 66.0 Å². The first kappa shape index (κ1) is 22.6. The third-order valence-corrected chi connectivity index (χ3v) is 6.83. The molecule has 8 heteroatoms. The SMILES string of the molecule is C[C@H](NC(=S)Nc1ccc(F)cc1)[C@H](c1cccs1)N1CCN(c2ccccc2F)CC1. The van der Waals surface area contributed by atoms with E-state index >= 15 is 0 Å². The first-order valence-corrected chi connectivity index (χ1v) is 11.9. The average Bonchev–Trinajstić information content (AvgIpc) is 3.31. The van der Waals surface area contributed by atoms with Crippen molar-refractivity contribution in [3.63, 3.8) is 0 Å². The van der Waals surface area contributed by atoms with Crippen LogP contribution < -0.4 is 15.5 Å². The number of para-hydroxylation sites is 1. The van der Waals surface area contributed by atoms with Crippen molar-refractivity contribution >= 4 is 40.0 Å². The van der Waals surface area contributed by atoms with Crippen molar-refractivity contribution in [3.05, 3.63) is 82.6 Å². The molecule has 1 aromatic heterocycles.